The van der Waals surface area contributed by atoms with Gasteiger partial charge in [-0.1, -0.05) is 12.1 Å². The highest BCUT2D eigenvalue weighted by Gasteiger charge is 2.37. The van der Waals surface area contributed by atoms with E-state index < -0.39 is 29.6 Å². The van der Waals surface area contributed by atoms with E-state index in [-0.39, 0.29) is 35.1 Å². The molecule has 5 N–H and O–H groups in total. The van der Waals surface area contributed by atoms with Crippen LogP contribution in [0, 0.1) is 12.7 Å². The number of halogens is 1. The number of furan rings is 2. The Morgan fingerprint density at radius 2 is 1.92 bits per heavy atom. The Morgan fingerprint density at radius 1 is 1.17 bits per heavy atom. The van der Waals surface area contributed by atoms with Gasteiger partial charge in [-0.15, -0.1) is 0 Å². The van der Waals surface area contributed by atoms with E-state index in [1.165, 1.54) is 35.4 Å². The third kappa shape index (κ3) is 5.28. The predicted octanol–water partition coefficient (Wildman–Crippen LogP) is 3.16. The van der Waals surface area contributed by atoms with Crippen molar-refractivity contribution < 1.29 is 27.6 Å². The number of aromatic nitrogens is 1. The first-order chi connectivity index (χ1) is 17.2. The van der Waals surface area contributed by atoms with Gasteiger partial charge in [0.15, 0.2) is 11.7 Å². The normalized spacial score (nSPS) is 11.7. The summed E-state index contributed by atoms with van der Waals surface area (Å²) >= 11 is 0.699. The third-order valence-corrected chi connectivity index (χ3v) is 6.14. The van der Waals surface area contributed by atoms with Crippen LogP contribution in [-0.4, -0.2) is 27.0 Å². The van der Waals surface area contributed by atoms with Crippen molar-refractivity contribution in [2.75, 3.05) is 5.73 Å². The SMILES string of the molecule is Cc1ccc([C@H](C(=O)NCc2ccc(F)cc2)N(Cc2ccco2)C(=O)c2snc(C(N)=O)c2N)o1. The smallest absolute Gasteiger partial charge is 0.270 e. The topological polar surface area (TPSA) is 158 Å². The van der Waals surface area contributed by atoms with E-state index in [1.54, 1.807) is 31.2 Å². The molecule has 4 aromatic rings. The molecule has 0 saturated heterocycles. The number of amides is 3. The van der Waals surface area contributed by atoms with Crippen LogP contribution in [0.15, 0.2) is 63.6 Å². The number of hydrogen-bond acceptors (Lipinski definition) is 8. The molecule has 0 unspecified atom stereocenters. The molecular weight excluding hydrogens is 489 g/mol. The zero-order chi connectivity index (χ0) is 25.8. The fourth-order valence-electron chi connectivity index (χ4n) is 3.52. The lowest BCUT2D eigenvalue weighted by molar-refractivity contribution is -0.126. The number of rotatable bonds is 9. The van der Waals surface area contributed by atoms with Gasteiger partial charge in [-0.3, -0.25) is 14.4 Å². The van der Waals surface area contributed by atoms with Gasteiger partial charge in [-0.05, 0) is 60.4 Å². The molecule has 0 aliphatic carbocycles. The second kappa shape index (κ2) is 10.4. The van der Waals surface area contributed by atoms with Crippen LogP contribution < -0.4 is 16.8 Å². The van der Waals surface area contributed by atoms with Crippen LogP contribution in [0.25, 0.3) is 0 Å². The Kier molecular flexibility index (Phi) is 7.15. The van der Waals surface area contributed by atoms with Crippen LogP contribution >= 0.6 is 11.5 Å². The zero-order valence-corrected chi connectivity index (χ0v) is 19.9. The van der Waals surface area contributed by atoms with E-state index in [0.717, 1.165) is 0 Å². The molecule has 1 aromatic carbocycles. The van der Waals surface area contributed by atoms with Crippen LogP contribution in [0.5, 0.6) is 0 Å². The molecule has 0 bridgehead atoms. The van der Waals surface area contributed by atoms with E-state index in [9.17, 15) is 18.8 Å². The number of nitrogens with two attached hydrogens (primary N) is 2. The van der Waals surface area contributed by atoms with Gasteiger partial charge in [0, 0.05) is 6.54 Å². The summed E-state index contributed by atoms with van der Waals surface area (Å²) in [7, 11) is 0. The van der Waals surface area contributed by atoms with E-state index in [4.69, 9.17) is 20.3 Å². The lowest BCUT2D eigenvalue weighted by Gasteiger charge is -2.29. The fraction of sp³-hybridized carbons (Fsp3) is 0.167. The van der Waals surface area contributed by atoms with E-state index in [2.05, 4.69) is 9.69 Å². The van der Waals surface area contributed by atoms with Gasteiger partial charge in [0.25, 0.3) is 17.7 Å². The maximum Gasteiger partial charge on any atom is 0.270 e. The molecule has 1 atom stereocenters. The molecule has 3 heterocycles. The van der Waals surface area contributed by atoms with Crippen molar-refractivity contribution in [3.8, 4) is 0 Å². The molecule has 0 radical (unpaired) electrons. The van der Waals surface area contributed by atoms with Crippen molar-refractivity contribution in [3.05, 3.63) is 94.0 Å². The van der Waals surface area contributed by atoms with Gasteiger partial charge >= 0.3 is 0 Å². The van der Waals surface area contributed by atoms with Gasteiger partial charge in [0.1, 0.15) is 28.0 Å². The van der Waals surface area contributed by atoms with Crippen LogP contribution in [-0.2, 0) is 17.9 Å². The summed E-state index contributed by atoms with van der Waals surface area (Å²) < 4.78 is 28.3. The summed E-state index contributed by atoms with van der Waals surface area (Å²) in [6.45, 7) is 1.66. The Morgan fingerprint density at radius 3 is 2.50 bits per heavy atom. The molecule has 3 amide bonds. The Labute approximate surface area is 208 Å². The number of primary amides is 1. The first kappa shape index (κ1) is 24.7. The largest absolute Gasteiger partial charge is 0.467 e. The maximum absolute atomic E-state index is 13.7. The average molecular weight is 512 g/mol. The number of carbonyl (C=O) groups is 3. The number of aryl methyl sites for hydroxylation is 1. The first-order valence-corrected chi connectivity index (χ1v) is 11.5. The molecule has 4 rings (SSSR count). The Balaban J connectivity index is 1.71. The molecule has 186 valence electrons. The van der Waals surface area contributed by atoms with Crippen molar-refractivity contribution in [2.45, 2.75) is 26.1 Å². The first-order valence-electron chi connectivity index (χ1n) is 10.7. The predicted molar refractivity (Wildman–Crippen MR) is 128 cm³/mol. The molecule has 0 spiro atoms. The highest BCUT2D eigenvalue weighted by Crippen LogP contribution is 2.31. The Hall–Kier alpha value is -4.45. The number of hydrogen-bond donors (Lipinski definition) is 3. The van der Waals surface area contributed by atoms with Crippen molar-refractivity contribution in [1.82, 2.24) is 14.6 Å². The fourth-order valence-corrected chi connectivity index (χ4v) is 4.28. The van der Waals surface area contributed by atoms with E-state index in [1.807, 2.05) is 0 Å². The molecule has 12 heteroatoms. The van der Waals surface area contributed by atoms with Crippen LogP contribution in [0.4, 0.5) is 10.1 Å². The van der Waals surface area contributed by atoms with Gasteiger partial charge < -0.3 is 30.5 Å². The molecule has 3 aromatic heterocycles. The van der Waals surface area contributed by atoms with Crippen molar-refractivity contribution in [1.29, 1.82) is 0 Å². The minimum absolute atomic E-state index is 0.0602. The molecule has 0 fully saturated rings. The van der Waals surface area contributed by atoms with Crippen molar-refractivity contribution in [3.63, 3.8) is 0 Å². The van der Waals surface area contributed by atoms with Gasteiger partial charge in [-0.2, -0.15) is 4.37 Å². The summed E-state index contributed by atoms with van der Waals surface area (Å²) in [4.78, 5) is 40.0. The highest BCUT2D eigenvalue weighted by molar-refractivity contribution is 7.09. The number of carbonyl (C=O) groups excluding carboxylic acids is 3. The van der Waals surface area contributed by atoms with Gasteiger partial charge in [0.05, 0.1) is 18.5 Å². The lowest BCUT2D eigenvalue weighted by Crippen LogP contribution is -2.43. The second-order valence-corrected chi connectivity index (χ2v) is 8.62. The molecule has 0 aliphatic rings. The standard InChI is InChI=1S/C24H22FN5O5S/c1-13-4-9-17(35-13)20(23(32)28-11-14-5-7-15(25)8-6-14)30(12-16-3-2-10-34-16)24(33)21-18(26)19(22(27)31)29-36-21/h2-10,20H,11-12,26H2,1H3,(H2,27,31)(H,28,32)/t20-/m1/s1. The minimum atomic E-state index is -1.24. The van der Waals surface area contributed by atoms with Crippen LogP contribution in [0.2, 0.25) is 0 Å². The highest BCUT2D eigenvalue weighted by atomic mass is 32.1. The van der Waals surface area contributed by atoms with Crippen molar-refractivity contribution in [2.24, 2.45) is 5.73 Å². The molecule has 10 nitrogen and oxygen atoms in total. The van der Waals surface area contributed by atoms with Crippen LogP contribution in [0.3, 0.4) is 0 Å². The van der Waals surface area contributed by atoms with Crippen LogP contribution in [0.1, 0.15) is 49.0 Å². The summed E-state index contributed by atoms with van der Waals surface area (Å²) in [6, 6.07) is 10.9. The molecule has 36 heavy (non-hydrogen) atoms. The summed E-state index contributed by atoms with van der Waals surface area (Å²) in [5.41, 5.74) is 11.6. The third-order valence-electron chi connectivity index (χ3n) is 5.29. The zero-order valence-electron chi connectivity index (χ0n) is 19.1. The molecular formula is C24H22FN5O5S. The quantitative estimate of drug-likeness (QED) is 0.311. The number of nitrogens with zero attached hydrogens (tertiary/aromatic N) is 2. The van der Waals surface area contributed by atoms with E-state index >= 15 is 0 Å². The van der Waals surface area contributed by atoms with Gasteiger partial charge in [0.2, 0.25) is 0 Å². The number of benzene rings is 1. The monoisotopic (exact) mass is 511 g/mol. The van der Waals surface area contributed by atoms with Gasteiger partial charge in [-0.25, -0.2) is 4.39 Å². The number of anilines is 1. The van der Waals surface area contributed by atoms with Crippen molar-refractivity contribution >= 4 is 34.9 Å². The molecule has 0 aliphatic heterocycles. The summed E-state index contributed by atoms with van der Waals surface area (Å²) in [5, 5.41) is 2.77. The number of nitrogen functional groups attached to an aromatic ring is 1. The lowest BCUT2D eigenvalue weighted by atomic mass is 10.1. The molecule has 0 saturated carbocycles. The maximum atomic E-state index is 13.7. The van der Waals surface area contributed by atoms with E-state index in [0.29, 0.717) is 28.6 Å². The Bertz CT molecular complexity index is 1380. The second-order valence-electron chi connectivity index (χ2n) is 7.85. The minimum Gasteiger partial charge on any atom is -0.467 e. The summed E-state index contributed by atoms with van der Waals surface area (Å²) in [5.74, 6) is -1.41. The number of nitrogens with one attached hydrogen (secondary N) is 1. The average Bonchev–Trinajstić information content (AvgIpc) is 3.60. The summed E-state index contributed by atoms with van der Waals surface area (Å²) in [6.07, 6.45) is 1.44.